The highest BCUT2D eigenvalue weighted by molar-refractivity contribution is 6.43. The Labute approximate surface area is 114 Å². The molecule has 2 aromatic rings. The summed E-state index contributed by atoms with van der Waals surface area (Å²) in [5.74, 6) is 0. The molecule has 0 aromatic carbocycles. The second-order valence-electron chi connectivity index (χ2n) is 4.08. The molecule has 0 spiro atoms. The minimum Gasteiger partial charge on any atom is -0.334 e. The zero-order chi connectivity index (χ0) is 13.7. The van der Waals surface area contributed by atoms with Gasteiger partial charge >= 0.3 is 0 Å². The predicted molar refractivity (Wildman–Crippen MR) is 80.2 cm³/mol. The summed E-state index contributed by atoms with van der Waals surface area (Å²) < 4.78 is 1.99. The predicted octanol–water partition coefficient (Wildman–Crippen LogP) is 2.53. The summed E-state index contributed by atoms with van der Waals surface area (Å²) in [7, 11) is 1.85. The number of fused-ring (bicyclic) bond motifs is 1. The second-order valence-corrected chi connectivity index (χ2v) is 4.08. The Balaban J connectivity index is 2.11. The molecule has 2 rings (SSSR count). The average Bonchev–Trinajstić information content (AvgIpc) is 2.85. The van der Waals surface area contributed by atoms with Gasteiger partial charge in [0.05, 0.1) is 18.6 Å². The van der Waals surface area contributed by atoms with E-state index in [9.17, 15) is 0 Å². The van der Waals surface area contributed by atoms with E-state index in [4.69, 9.17) is 0 Å². The first-order valence-electron chi connectivity index (χ1n) is 6.06. The molecule has 2 aromatic heterocycles. The maximum Gasteiger partial charge on any atom is 0.173 e. The van der Waals surface area contributed by atoms with Gasteiger partial charge in [-0.2, -0.15) is 0 Å². The molecule has 0 amide bonds. The van der Waals surface area contributed by atoms with Gasteiger partial charge < -0.3 is 9.30 Å². The largest absolute Gasteiger partial charge is 0.334 e. The molecule has 0 saturated heterocycles. The first kappa shape index (κ1) is 13.1. The van der Waals surface area contributed by atoms with Crippen molar-refractivity contribution in [2.24, 2.45) is 4.99 Å². The van der Waals surface area contributed by atoms with Crippen LogP contribution >= 0.6 is 0 Å². The smallest absolute Gasteiger partial charge is 0.173 e. The lowest BCUT2D eigenvalue weighted by molar-refractivity contribution is 0.561. The Morgan fingerprint density at radius 1 is 1.58 bits per heavy atom. The minimum absolute atomic E-state index is 0.631. The Hall–Kier alpha value is -2.30. The molecule has 0 aliphatic heterocycles. The van der Waals surface area contributed by atoms with E-state index in [0.29, 0.717) is 6.54 Å². The van der Waals surface area contributed by atoms with Crippen molar-refractivity contribution in [2.75, 3.05) is 0 Å². The molecule has 5 heteroatoms. The normalized spacial score (nSPS) is 10.8. The first-order chi connectivity index (χ1) is 9.22. The Morgan fingerprint density at radius 3 is 3.11 bits per heavy atom. The van der Waals surface area contributed by atoms with Gasteiger partial charge in [0.15, 0.2) is 7.28 Å². The molecule has 1 radical (unpaired) electrons. The highest BCUT2D eigenvalue weighted by Gasteiger charge is 2.03. The van der Waals surface area contributed by atoms with Crippen molar-refractivity contribution < 1.29 is 0 Å². The summed E-state index contributed by atoms with van der Waals surface area (Å²) in [5.41, 5.74) is 2.62. The van der Waals surface area contributed by atoms with Crippen LogP contribution in [0.15, 0.2) is 60.5 Å². The van der Waals surface area contributed by atoms with Crippen LogP contribution in [0.2, 0.25) is 6.82 Å². The zero-order valence-electron chi connectivity index (χ0n) is 11.0. The lowest BCUT2D eigenvalue weighted by Gasteiger charge is -2.11. The number of rotatable bonds is 6. The molecule has 0 fully saturated rings. The van der Waals surface area contributed by atoms with Crippen LogP contribution in [-0.4, -0.2) is 27.9 Å². The van der Waals surface area contributed by atoms with Crippen LogP contribution in [0.5, 0.6) is 0 Å². The van der Waals surface area contributed by atoms with Crippen LogP contribution in [0.3, 0.4) is 0 Å². The van der Waals surface area contributed by atoms with E-state index in [0.717, 1.165) is 16.9 Å². The van der Waals surface area contributed by atoms with E-state index in [2.05, 4.69) is 23.1 Å². The Bertz CT molecular complexity index is 582. The van der Waals surface area contributed by atoms with Gasteiger partial charge in [0.1, 0.15) is 5.65 Å². The molecular weight excluding hydrogens is 235 g/mol. The fourth-order valence-corrected chi connectivity index (χ4v) is 1.63. The van der Waals surface area contributed by atoms with Crippen molar-refractivity contribution in [1.29, 1.82) is 0 Å². The molecule has 0 saturated carbocycles. The molecule has 0 N–H and O–H groups in total. The molecule has 19 heavy (non-hydrogen) atoms. The van der Waals surface area contributed by atoms with Gasteiger partial charge in [-0.1, -0.05) is 26.0 Å². The number of imidazole rings is 1. The number of pyridine rings is 1. The SMILES string of the molecule is C=CN(C=NC(=C)[B]C)Cc1cn2ccccc2n1. The van der Waals surface area contributed by atoms with Crippen molar-refractivity contribution in [1.82, 2.24) is 14.3 Å². The summed E-state index contributed by atoms with van der Waals surface area (Å²) in [5, 5.41) is 0. The van der Waals surface area contributed by atoms with Crippen molar-refractivity contribution in [3.05, 3.63) is 61.2 Å². The van der Waals surface area contributed by atoms with Crippen molar-refractivity contribution in [3.8, 4) is 0 Å². The molecule has 0 aliphatic rings. The highest BCUT2D eigenvalue weighted by atomic mass is 15.1. The monoisotopic (exact) mass is 251 g/mol. The fraction of sp³-hybridized carbons (Fsp3) is 0.143. The van der Waals surface area contributed by atoms with Crippen LogP contribution < -0.4 is 0 Å². The van der Waals surface area contributed by atoms with Gasteiger partial charge in [0.2, 0.25) is 0 Å². The van der Waals surface area contributed by atoms with Gasteiger partial charge in [-0.25, -0.2) is 4.98 Å². The zero-order valence-corrected chi connectivity index (χ0v) is 11.0. The molecule has 0 bridgehead atoms. The van der Waals surface area contributed by atoms with E-state index in [1.54, 1.807) is 12.5 Å². The van der Waals surface area contributed by atoms with Gasteiger partial charge in [0, 0.05) is 12.4 Å². The van der Waals surface area contributed by atoms with E-state index >= 15 is 0 Å². The quantitative estimate of drug-likeness (QED) is 0.449. The third kappa shape index (κ3) is 3.34. The van der Waals surface area contributed by atoms with Gasteiger partial charge in [-0.3, -0.25) is 4.99 Å². The first-order valence-corrected chi connectivity index (χ1v) is 6.06. The molecule has 2 heterocycles. The minimum atomic E-state index is 0.631. The van der Waals surface area contributed by atoms with Crippen LogP contribution in [0, 0.1) is 0 Å². The Kier molecular flexibility index (Phi) is 4.18. The van der Waals surface area contributed by atoms with Crippen molar-refractivity contribution in [3.63, 3.8) is 0 Å². The van der Waals surface area contributed by atoms with Crippen molar-refractivity contribution >= 4 is 19.3 Å². The highest BCUT2D eigenvalue weighted by Crippen LogP contribution is 2.07. The summed E-state index contributed by atoms with van der Waals surface area (Å²) in [6.07, 6.45) is 7.41. The lowest BCUT2D eigenvalue weighted by atomic mass is 9.79. The van der Waals surface area contributed by atoms with E-state index < -0.39 is 0 Å². The number of aromatic nitrogens is 2. The van der Waals surface area contributed by atoms with Crippen molar-refractivity contribution in [2.45, 2.75) is 13.4 Å². The van der Waals surface area contributed by atoms with Crippen LogP contribution in [0.25, 0.3) is 5.65 Å². The Morgan fingerprint density at radius 2 is 2.42 bits per heavy atom. The van der Waals surface area contributed by atoms with Crippen LogP contribution in [-0.2, 0) is 6.54 Å². The molecule has 4 nitrogen and oxygen atoms in total. The lowest BCUT2D eigenvalue weighted by Crippen LogP contribution is -2.14. The summed E-state index contributed by atoms with van der Waals surface area (Å²) in [6.45, 7) is 10.1. The van der Waals surface area contributed by atoms with E-state index in [1.807, 2.05) is 54.0 Å². The van der Waals surface area contributed by atoms with E-state index in [-0.39, 0.29) is 0 Å². The standard InChI is InChI=1S/C14H16BN4/c1-4-18(11-16-12(2)15-3)9-13-10-19-8-6-5-7-14(19)17-13/h4-8,10-11H,1-2,9H2,3H3. The molecule has 0 atom stereocenters. The maximum absolute atomic E-state index is 4.53. The summed E-state index contributed by atoms with van der Waals surface area (Å²) >= 11 is 0. The number of hydrogen-bond donors (Lipinski definition) is 0. The summed E-state index contributed by atoms with van der Waals surface area (Å²) in [4.78, 5) is 10.6. The van der Waals surface area contributed by atoms with Crippen LogP contribution in [0.1, 0.15) is 5.69 Å². The third-order valence-corrected chi connectivity index (χ3v) is 2.70. The van der Waals surface area contributed by atoms with Gasteiger partial charge in [-0.15, -0.1) is 0 Å². The van der Waals surface area contributed by atoms with Crippen LogP contribution in [0.4, 0.5) is 0 Å². The molecule has 0 aliphatic carbocycles. The second kappa shape index (κ2) is 6.04. The number of hydrogen-bond acceptors (Lipinski definition) is 2. The van der Waals surface area contributed by atoms with Gasteiger partial charge in [-0.05, 0) is 23.9 Å². The third-order valence-electron chi connectivity index (χ3n) is 2.70. The van der Waals surface area contributed by atoms with Gasteiger partial charge in [0.25, 0.3) is 0 Å². The molecule has 0 unspecified atom stereocenters. The van der Waals surface area contributed by atoms with E-state index in [1.165, 1.54) is 0 Å². The average molecular weight is 251 g/mol. The molecular formula is C14H16BN4. The molecule has 95 valence electrons. The topological polar surface area (TPSA) is 32.9 Å². The number of nitrogens with zero attached hydrogens (tertiary/aromatic N) is 4. The fourth-order valence-electron chi connectivity index (χ4n) is 1.63. The number of aliphatic imine (C=N–C) groups is 1. The summed E-state index contributed by atoms with van der Waals surface area (Å²) in [6, 6.07) is 5.93. The maximum atomic E-state index is 4.53.